The number of rotatable bonds is 6. The van der Waals surface area contributed by atoms with Gasteiger partial charge in [-0.25, -0.2) is 17.5 Å². The molecule has 2 aromatic rings. The van der Waals surface area contributed by atoms with Crippen LogP contribution in [0.3, 0.4) is 0 Å². The van der Waals surface area contributed by atoms with Crippen LogP contribution in [0.4, 0.5) is 10.1 Å². The minimum atomic E-state index is -3.83. The predicted octanol–water partition coefficient (Wildman–Crippen LogP) is 2.46. The molecule has 7 nitrogen and oxygen atoms in total. The van der Waals surface area contributed by atoms with Crippen LogP contribution in [-0.4, -0.2) is 40.7 Å². The number of hydrogen-bond acceptors (Lipinski definition) is 5. The highest BCUT2D eigenvalue weighted by molar-refractivity contribution is 7.89. The van der Waals surface area contributed by atoms with Crippen molar-refractivity contribution < 1.29 is 27.1 Å². The maximum Gasteiger partial charge on any atom is 0.259 e. The number of amides is 1. The van der Waals surface area contributed by atoms with Gasteiger partial charge in [-0.2, -0.15) is 0 Å². The van der Waals surface area contributed by atoms with Crippen LogP contribution in [-0.2, 0) is 14.8 Å². The Hall–Kier alpha value is -2.49. The molecule has 150 valence electrons. The standard InChI is InChI=1S/C19H21FN2O5S/c1-12-9-13(3-5-17(12)20)21-19(23)16-10-15(4-6-18(16)26-2)28(24,25)22-14-7-8-27-11-14/h3-6,9-10,14,22H,7-8,11H2,1-2H3,(H,21,23)/t14-/m0/s1. The minimum absolute atomic E-state index is 0.0509. The van der Waals surface area contributed by atoms with Gasteiger partial charge in [-0.3, -0.25) is 4.79 Å². The van der Waals surface area contributed by atoms with E-state index >= 15 is 0 Å². The predicted molar refractivity (Wildman–Crippen MR) is 102 cm³/mol. The third-order valence-corrected chi connectivity index (χ3v) is 5.91. The van der Waals surface area contributed by atoms with E-state index in [0.29, 0.717) is 30.9 Å². The first-order valence-corrected chi connectivity index (χ1v) is 10.1. The molecule has 0 unspecified atom stereocenters. The third kappa shape index (κ3) is 4.49. The Labute approximate surface area is 162 Å². The van der Waals surface area contributed by atoms with E-state index < -0.39 is 15.9 Å². The zero-order valence-electron chi connectivity index (χ0n) is 15.5. The van der Waals surface area contributed by atoms with Crippen LogP contribution in [0.1, 0.15) is 22.3 Å². The Balaban J connectivity index is 1.87. The second-order valence-electron chi connectivity index (χ2n) is 6.46. The van der Waals surface area contributed by atoms with Gasteiger partial charge in [0.2, 0.25) is 10.0 Å². The summed E-state index contributed by atoms with van der Waals surface area (Å²) in [5.41, 5.74) is 0.819. The first-order chi connectivity index (χ1) is 13.3. The molecule has 1 aliphatic heterocycles. The van der Waals surface area contributed by atoms with Gasteiger partial charge in [-0.15, -0.1) is 0 Å². The van der Waals surface area contributed by atoms with Gasteiger partial charge in [-0.05, 0) is 55.3 Å². The van der Waals surface area contributed by atoms with Gasteiger partial charge in [0.1, 0.15) is 11.6 Å². The van der Waals surface area contributed by atoms with Crippen LogP contribution in [0.2, 0.25) is 0 Å². The van der Waals surface area contributed by atoms with Crippen LogP contribution in [0, 0.1) is 12.7 Å². The van der Waals surface area contributed by atoms with Crippen LogP contribution in [0.5, 0.6) is 5.75 Å². The van der Waals surface area contributed by atoms with Crippen molar-refractivity contribution in [2.75, 3.05) is 25.6 Å². The summed E-state index contributed by atoms with van der Waals surface area (Å²) >= 11 is 0. The van der Waals surface area contributed by atoms with E-state index in [2.05, 4.69) is 10.0 Å². The number of nitrogens with one attached hydrogen (secondary N) is 2. The summed E-state index contributed by atoms with van der Waals surface area (Å²) in [6, 6.07) is 7.91. The molecule has 0 spiro atoms. The fourth-order valence-electron chi connectivity index (χ4n) is 2.87. The highest BCUT2D eigenvalue weighted by Gasteiger charge is 2.25. The fourth-order valence-corrected chi connectivity index (χ4v) is 4.15. The van der Waals surface area contributed by atoms with Gasteiger partial charge in [-0.1, -0.05) is 0 Å². The molecule has 9 heteroatoms. The number of carbonyl (C=O) groups is 1. The lowest BCUT2D eigenvalue weighted by Crippen LogP contribution is -2.35. The number of anilines is 1. The summed E-state index contributed by atoms with van der Waals surface area (Å²) < 4.78 is 51.6. The van der Waals surface area contributed by atoms with Crippen molar-refractivity contribution in [3.05, 3.63) is 53.3 Å². The smallest absolute Gasteiger partial charge is 0.259 e. The molecule has 3 rings (SSSR count). The molecule has 0 radical (unpaired) electrons. The summed E-state index contributed by atoms with van der Waals surface area (Å²) in [6.45, 7) is 2.39. The molecule has 0 aromatic heterocycles. The largest absolute Gasteiger partial charge is 0.496 e. The number of methoxy groups -OCH3 is 1. The average Bonchev–Trinajstić information content (AvgIpc) is 3.16. The van der Waals surface area contributed by atoms with E-state index in [9.17, 15) is 17.6 Å². The van der Waals surface area contributed by atoms with Crippen molar-refractivity contribution in [2.45, 2.75) is 24.3 Å². The molecule has 1 amide bonds. The SMILES string of the molecule is COc1ccc(S(=O)(=O)N[C@H]2CCOC2)cc1C(=O)Nc1ccc(F)c(C)c1. The van der Waals surface area contributed by atoms with Crippen molar-refractivity contribution in [3.8, 4) is 5.75 Å². The molecular formula is C19H21FN2O5S. The Morgan fingerprint density at radius 1 is 1.25 bits per heavy atom. The third-order valence-electron chi connectivity index (χ3n) is 4.39. The van der Waals surface area contributed by atoms with E-state index in [1.165, 1.54) is 43.5 Å². The van der Waals surface area contributed by atoms with Crippen molar-refractivity contribution >= 4 is 21.6 Å². The van der Waals surface area contributed by atoms with Gasteiger partial charge in [0, 0.05) is 18.3 Å². The number of hydrogen-bond donors (Lipinski definition) is 2. The quantitative estimate of drug-likeness (QED) is 0.766. The van der Waals surface area contributed by atoms with E-state index in [0.717, 1.165) is 0 Å². The molecule has 0 aliphatic carbocycles. The van der Waals surface area contributed by atoms with Crippen molar-refractivity contribution in [3.63, 3.8) is 0 Å². The zero-order chi connectivity index (χ0) is 20.3. The lowest BCUT2D eigenvalue weighted by molar-refractivity contribution is 0.102. The maximum absolute atomic E-state index is 13.4. The second-order valence-corrected chi connectivity index (χ2v) is 8.18. The number of benzene rings is 2. The van der Waals surface area contributed by atoms with Crippen LogP contribution in [0.15, 0.2) is 41.3 Å². The van der Waals surface area contributed by atoms with E-state index in [-0.39, 0.29) is 28.1 Å². The number of ether oxygens (including phenoxy) is 2. The van der Waals surface area contributed by atoms with E-state index in [1.807, 2.05) is 0 Å². The maximum atomic E-state index is 13.4. The molecule has 28 heavy (non-hydrogen) atoms. The van der Waals surface area contributed by atoms with Crippen LogP contribution in [0.25, 0.3) is 0 Å². The lowest BCUT2D eigenvalue weighted by Gasteiger charge is -2.14. The highest BCUT2D eigenvalue weighted by Crippen LogP contribution is 2.25. The summed E-state index contributed by atoms with van der Waals surface area (Å²) in [6.07, 6.45) is 0.590. The van der Waals surface area contributed by atoms with Gasteiger partial charge in [0.05, 0.1) is 24.2 Å². The van der Waals surface area contributed by atoms with Crippen molar-refractivity contribution in [1.29, 1.82) is 0 Å². The summed E-state index contributed by atoms with van der Waals surface area (Å²) in [7, 11) is -2.44. The Morgan fingerprint density at radius 3 is 2.68 bits per heavy atom. The average molecular weight is 408 g/mol. The fraction of sp³-hybridized carbons (Fsp3) is 0.316. The van der Waals surface area contributed by atoms with Crippen LogP contribution < -0.4 is 14.8 Å². The molecule has 2 N–H and O–H groups in total. The molecule has 0 saturated carbocycles. The van der Waals surface area contributed by atoms with Crippen LogP contribution >= 0.6 is 0 Å². The zero-order valence-corrected chi connectivity index (χ0v) is 16.3. The Morgan fingerprint density at radius 2 is 2.04 bits per heavy atom. The monoisotopic (exact) mass is 408 g/mol. The Kier molecular flexibility index (Phi) is 5.97. The molecular weight excluding hydrogens is 387 g/mol. The number of sulfonamides is 1. The minimum Gasteiger partial charge on any atom is -0.496 e. The summed E-state index contributed by atoms with van der Waals surface area (Å²) in [5, 5.41) is 2.63. The van der Waals surface area contributed by atoms with Crippen molar-refractivity contribution in [1.82, 2.24) is 4.72 Å². The molecule has 1 aliphatic rings. The normalized spacial score (nSPS) is 16.8. The molecule has 1 saturated heterocycles. The van der Waals surface area contributed by atoms with E-state index in [1.54, 1.807) is 6.92 Å². The van der Waals surface area contributed by atoms with E-state index in [4.69, 9.17) is 9.47 Å². The Bertz CT molecular complexity index is 988. The van der Waals surface area contributed by atoms with Gasteiger partial charge >= 0.3 is 0 Å². The topological polar surface area (TPSA) is 93.7 Å². The summed E-state index contributed by atoms with van der Waals surface area (Å²) in [5.74, 6) is -0.728. The number of aryl methyl sites for hydroxylation is 1. The van der Waals surface area contributed by atoms with Gasteiger partial charge in [0.25, 0.3) is 5.91 Å². The van der Waals surface area contributed by atoms with Gasteiger partial charge < -0.3 is 14.8 Å². The molecule has 1 fully saturated rings. The first-order valence-electron chi connectivity index (χ1n) is 8.66. The number of carbonyl (C=O) groups excluding carboxylic acids is 1. The highest BCUT2D eigenvalue weighted by atomic mass is 32.2. The lowest BCUT2D eigenvalue weighted by atomic mass is 10.1. The molecule has 2 aromatic carbocycles. The summed E-state index contributed by atoms with van der Waals surface area (Å²) in [4.78, 5) is 12.6. The van der Waals surface area contributed by atoms with Crippen molar-refractivity contribution in [2.24, 2.45) is 0 Å². The first kappa shape index (κ1) is 20.2. The molecule has 1 atom stereocenters. The second kappa shape index (κ2) is 8.26. The van der Waals surface area contributed by atoms with Gasteiger partial charge in [0.15, 0.2) is 0 Å². The molecule has 0 bridgehead atoms. The number of halogens is 1. The molecule has 1 heterocycles.